The number of amides is 1. The standard InChI is InChI=1S/C16H21NO4/c1-8-4-11(12(5-8)16(20)21)15(19)17-13-6-10(3)14(18)7-9(13)2/h6-8,11-12,18H,4-5H2,1-3H3,(H,17,19)(H,20,21). The summed E-state index contributed by atoms with van der Waals surface area (Å²) in [5.41, 5.74) is 2.05. The van der Waals surface area contributed by atoms with E-state index in [4.69, 9.17) is 0 Å². The molecule has 0 radical (unpaired) electrons. The van der Waals surface area contributed by atoms with Gasteiger partial charge in [0.1, 0.15) is 5.75 Å². The predicted molar refractivity (Wildman–Crippen MR) is 79.2 cm³/mol. The maximum Gasteiger partial charge on any atom is 0.307 e. The van der Waals surface area contributed by atoms with E-state index < -0.39 is 17.8 Å². The predicted octanol–water partition coefficient (Wildman–Crippen LogP) is 2.69. The zero-order valence-corrected chi connectivity index (χ0v) is 12.5. The largest absolute Gasteiger partial charge is 0.508 e. The van der Waals surface area contributed by atoms with Gasteiger partial charge in [-0.15, -0.1) is 0 Å². The van der Waals surface area contributed by atoms with Gasteiger partial charge in [-0.3, -0.25) is 9.59 Å². The van der Waals surface area contributed by atoms with E-state index in [2.05, 4.69) is 5.32 Å². The fourth-order valence-electron chi connectivity index (χ4n) is 3.02. The molecule has 2 rings (SSSR count). The van der Waals surface area contributed by atoms with Crippen molar-refractivity contribution in [2.45, 2.75) is 33.6 Å². The molecule has 0 spiro atoms. The van der Waals surface area contributed by atoms with E-state index in [-0.39, 0.29) is 17.6 Å². The van der Waals surface area contributed by atoms with Gasteiger partial charge in [0.15, 0.2) is 0 Å². The molecule has 1 aromatic carbocycles. The number of benzene rings is 1. The second-order valence-corrected chi connectivity index (χ2v) is 6.07. The molecule has 0 aromatic heterocycles. The smallest absolute Gasteiger partial charge is 0.307 e. The number of carboxylic acid groups (broad SMARTS) is 1. The van der Waals surface area contributed by atoms with Crippen LogP contribution in [0.15, 0.2) is 12.1 Å². The van der Waals surface area contributed by atoms with Crippen LogP contribution in [0.2, 0.25) is 0 Å². The zero-order chi connectivity index (χ0) is 15.7. The molecule has 1 amide bonds. The SMILES string of the molecule is Cc1cc(NC(=O)C2CC(C)CC2C(=O)O)c(C)cc1O. The number of nitrogens with one attached hydrogen (secondary N) is 1. The van der Waals surface area contributed by atoms with Crippen molar-refractivity contribution in [2.75, 3.05) is 5.32 Å². The van der Waals surface area contributed by atoms with Crippen molar-refractivity contribution in [1.29, 1.82) is 0 Å². The van der Waals surface area contributed by atoms with Crippen molar-refractivity contribution in [3.63, 3.8) is 0 Å². The molecular weight excluding hydrogens is 270 g/mol. The van der Waals surface area contributed by atoms with Crippen LogP contribution < -0.4 is 5.32 Å². The van der Waals surface area contributed by atoms with Gasteiger partial charge in [-0.1, -0.05) is 6.92 Å². The topological polar surface area (TPSA) is 86.6 Å². The zero-order valence-electron chi connectivity index (χ0n) is 12.5. The number of phenolic OH excluding ortho intramolecular Hbond substituents is 1. The minimum absolute atomic E-state index is 0.184. The Morgan fingerprint density at radius 1 is 1.14 bits per heavy atom. The van der Waals surface area contributed by atoms with Gasteiger partial charge < -0.3 is 15.5 Å². The minimum Gasteiger partial charge on any atom is -0.508 e. The molecule has 0 aliphatic heterocycles. The highest BCUT2D eigenvalue weighted by Crippen LogP contribution is 2.37. The lowest BCUT2D eigenvalue weighted by Crippen LogP contribution is -2.30. The van der Waals surface area contributed by atoms with Gasteiger partial charge >= 0.3 is 5.97 Å². The summed E-state index contributed by atoms with van der Waals surface area (Å²) in [5, 5.41) is 21.7. The fraction of sp³-hybridized carbons (Fsp3) is 0.500. The van der Waals surface area contributed by atoms with E-state index in [1.165, 1.54) is 0 Å². The number of carbonyl (C=O) groups is 2. The lowest BCUT2D eigenvalue weighted by atomic mass is 9.95. The first-order valence-corrected chi connectivity index (χ1v) is 7.13. The number of carbonyl (C=O) groups excluding carboxylic acids is 1. The van der Waals surface area contributed by atoms with Crippen molar-refractivity contribution >= 4 is 17.6 Å². The molecule has 5 nitrogen and oxygen atoms in total. The van der Waals surface area contributed by atoms with Gasteiger partial charge in [-0.25, -0.2) is 0 Å². The van der Waals surface area contributed by atoms with Crippen LogP contribution in [-0.4, -0.2) is 22.1 Å². The van der Waals surface area contributed by atoms with E-state index in [9.17, 15) is 19.8 Å². The second-order valence-electron chi connectivity index (χ2n) is 6.07. The summed E-state index contributed by atoms with van der Waals surface area (Å²) in [6.07, 6.45) is 1.14. The monoisotopic (exact) mass is 291 g/mol. The number of aryl methyl sites for hydroxylation is 2. The van der Waals surface area contributed by atoms with Crippen LogP contribution in [0.5, 0.6) is 5.75 Å². The maximum atomic E-state index is 12.4. The molecule has 1 aromatic rings. The molecule has 3 unspecified atom stereocenters. The molecule has 1 fully saturated rings. The van der Waals surface area contributed by atoms with Gasteiger partial charge in [0.05, 0.1) is 11.8 Å². The summed E-state index contributed by atoms with van der Waals surface area (Å²) >= 11 is 0. The Bertz CT molecular complexity index is 582. The fourth-order valence-corrected chi connectivity index (χ4v) is 3.02. The van der Waals surface area contributed by atoms with Crippen LogP contribution in [-0.2, 0) is 9.59 Å². The third-order valence-corrected chi connectivity index (χ3v) is 4.25. The third kappa shape index (κ3) is 3.17. The summed E-state index contributed by atoms with van der Waals surface area (Å²) in [6.45, 7) is 5.52. The van der Waals surface area contributed by atoms with Gasteiger partial charge in [0, 0.05) is 5.69 Å². The van der Waals surface area contributed by atoms with E-state index in [0.29, 0.717) is 24.1 Å². The van der Waals surface area contributed by atoms with E-state index in [0.717, 1.165) is 5.56 Å². The number of anilines is 1. The molecule has 21 heavy (non-hydrogen) atoms. The highest BCUT2D eigenvalue weighted by molar-refractivity contribution is 5.96. The molecule has 3 atom stereocenters. The molecule has 0 saturated heterocycles. The summed E-state index contributed by atoms with van der Waals surface area (Å²) in [6, 6.07) is 3.30. The Balaban J connectivity index is 2.18. The normalized spacial score (nSPS) is 24.8. The number of aromatic hydroxyl groups is 1. The Labute approximate surface area is 124 Å². The van der Waals surface area contributed by atoms with E-state index >= 15 is 0 Å². The quantitative estimate of drug-likeness (QED) is 0.747. The third-order valence-electron chi connectivity index (χ3n) is 4.25. The number of phenols is 1. The van der Waals surface area contributed by atoms with Crippen molar-refractivity contribution in [3.05, 3.63) is 23.3 Å². The summed E-state index contributed by atoms with van der Waals surface area (Å²) < 4.78 is 0. The van der Waals surface area contributed by atoms with E-state index in [1.54, 1.807) is 26.0 Å². The first-order chi connectivity index (χ1) is 9.79. The Morgan fingerprint density at radius 3 is 2.38 bits per heavy atom. The average molecular weight is 291 g/mol. The molecule has 1 aliphatic carbocycles. The van der Waals surface area contributed by atoms with Crippen molar-refractivity contribution in [1.82, 2.24) is 0 Å². The molecule has 114 valence electrons. The highest BCUT2D eigenvalue weighted by atomic mass is 16.4. The van der Waals surface area contributed by atoms with Crippen LogP contribution in [0.25, 0.3) is 0 Å². The maximum absolute atomic E-state index is 12.4. The van der Waals surface area contributed by atoms with E-state index in [1.807, 2.05) is 6.92 Å². The van der Waals surface area contributed by atoms with Gasteiger partial charge in [0.25, 0.3) is 0 Å². The molecule has 1 saturated carbocycles. The first kappa shape index (κ1) is 15.4. The lowest BCUT2D eigenvalue weighted by molar-refractivity contribution is -0.145. The van der Waals surface area contributed by atoms with Crippen molar-refractivity contribution in [3.8, 4) is 5.75 Å². The Kier molecular flexibility index (Phi) is 4.21. The van der Waals surface area contributed by atoms with Crippen LogP contribution in [0.3, 0.4) is 0 Å². The minimum atomic E-state index is -0.905. The van der Waals surface area contributed by atoms with Crippen LogP contribution >= 0.6 is 0 Å². The second kappa shape index (κ2) is 5.76. The highest BCUT2D eigenvalue weighted by Gasteiger charge is 2.41. The molecule has 3 N–H and O–H groups in total. The summed E-state index contributed by atoms with van der Waals surface area (Å²) in [7, 11) is 0. The molecule has 5 heteroatoms. The summed E-state index contributed by atoms with van der Waals surface area (Å²) in [4.78, 5) is 23.7. The summed E-state index contributed by atoms with van der Waals surface area (Å²) in [5.74, 6) is -1.84. The Hall–Kier alpha value is -2.04. The van der Waals surface area contributed by atoms with Crippen LogP contribution in [0, 0.1) is 31.6 Å². The number of carboxylic acids is 1. The number of hydrogen-bond acceptors (Lipinski definition) is 3. The molecule has 0 bridgehead atoms. The van der Waals surface area contributed by atoms with Gasteiger partial charge in [-0.2, -0.15) is 0 Å². The Morgan fingerprint density at radius 2 is 1.76 bits per heavy atom. The first-order valence-electron chi connectivity index (χ1n) is 7.13. The molecular formula is C16H21NO4. The van der Waals surface area contributed by atoms with Crippen molar-refractivity contribution in [2.24, 2.45) is 17.8 Å². The molecule has 1 aliphatic rings. The lowest BCUT2D eigenvalue weighted by Gasteiger charge is -2.17. The van der Waals surface area contributed by atoms with Gasteiger partial charge in [0.2, 0.25) is 5.91 Å². The van der Waals surface area contributed by atoms with Crippen molar-refractivity contribution < 1.29 is 19.8 Å². The number of hydrogen-bond donors (Lipinski definition) is 3. The number of rotatable bonds is 3. The average Bonchev–Trinajstić information content (AvgIpc) is 2.78. The van der Waals surface area contributed by atoms with Gasteiger partial charge in [-0.05, 0) is 55.9 Å². The number of aliphatic carboxylic acids is 1. The molecule has 0 heterocycles. The van der Waals surface area contributed by atoms with Crippen LogP contribution in [0.1, 0.15) is 30.9 Å². The van der Waals surface area contributed by atoms with Crippen LogP contribution in [0.4, 0.5) is 5.69 Å².